The third-order valence-electron chi connectivity index (χ3n) is 3.35. The molecule has 1 saturated heterocycles. The van der Waals surface area contributed by atoms with E-state index in [1.165, 1.54) is 11.8 Å². The molecule has 0 aromatic heterocycles. The van der Waals surface area contributed by atoms with E-state index in [9.17, 15) is 14.4 Å². The number of carboxylic acid groups (broad SMARTS) is 1. The summed E-state index contributed by atoms with van der Waals surface area (Å²) in [7, 11) is 0. The Morgan fingerprint density at radius 2 is 1.90 bits per heavy atom. The molecule has 0 bridgehead atoms. The number of carbonyl (C=O) groups excluding carboxylic acids is 2. The van der Waals surface area contributed by atoms with Crippen LogP contribution in [0.2, 0.25) is 0 Å². The predicted molar refractivity (Wildman–Crippen MR) is 77.6 cm³/mol. The molecular weight excluding hydrogens is 280 g/mol. The molecule has 1 fully saturated rings. The molecule has 2 unspecified atom stereocenters. The van der Waals surface area contributed by atoms with Crippen molar-refractivity contribution in [3.63, 3.8) is 0 Å². The number of thioether (sulfide) groups is 1. The van der Waals surface area contributed by atoms with Crippen LogP contribution in [0.5, 0.6) is 0 Å². The van der Waals surface area contributed by atoms with E-state index >= 15 is 0 Å². The summed E-state index contributed by atoms with van der Waals surface area (Å²) in [6, 6.07) is -0.947. The number of hydrogen-bond acceptors (Lipinski definition) is 4. The Balaban J connectivity index is 2.43. The molecule has 2 N–H and O–H groups in total. The van der Waals surface area contributed by atoms with E-state index in [0.29, 0.717) is 6.41 Å². The summed E-state index contributed by atoms with van der Waals surface area (Å²) in [6.45, 7) is 3.37. The van der Waals surface area contributed by atoms with Gasteiger partial charge in [-0.3, -0.25) is 9.59 Å². The zero-order chi connectivity index (χ0) is 15.0. The van der Waals surface area contributed by atoms with Crippen molar-refractivity contribution in [1.82, 2.24) is 10.2 Å². The van der Waals surface area contributed by atoms with Gasteiger partial charge in [0.1, 0.15) is 6.04 Å². The molecule has 0 radical (unpaired) electrons. The van der Waals surface area contributed by atoms with E-state index in [1.807, 2.05) is 4.90 Å². The van der Waals surface area contributed by atoms with E-state index in [-0.39, 0.29) is 16.9 Å². The number of amides is 2. The lowest BCUT2D eigenvalue weighted by molar-refractivity contribution is -0.139. The molecule has 114 valence electrons. The maximum atomic E-state index is 12.3. The van der Waals surface area contributed by atoms with Crippen LogP contribution in [-0.4, -0.2) is 58.4 Å². The maximum absolute atomic E-state index is 12.3. The molecule has 1 heterocycles. The van der Waals surface area contributed by atoms with Crippen LogP contribution < -0.4 is 5.32 Å². The third-order valence-corrected chi connectivity index (χ3v) is 4.57. The average molecular weight is 302 g/mol. The van der Waals surface area contributed by atoms with Crippen molar-refractivity contribution in [2.45, 2.75) is 43.9 Å². The summed E-state index contributed by atoms with van der Waals surface area (Å²) in [5.74, 6) is -0.833. The van der Waals surface area contributed by atoms with Gasteiger partial charge >= 0.3 is 5.97 Å². The normalized spacial score (nSPS) is 18.8. The Morgan fingerprint density at radius 1 is 1.30 bits per heavy atom. The lowest BCUT2D eigenvalue weighted by atomic mass is 10.2. The zero-order valence-corrected chi connectivity index (χ0v) is 12.5. The van der Waals surface area contributed by atoms with Gasteiger partial charge in [0, 0.05) is 18.8 Å². The van der Waals surface area contributed by atoms with Crippen LogP contribution >= 0.6 is 11.8 Å². The SMILES string of the molecule is CC(SCC(NC=O)C(=O)O)C(=O)N1CCCCCC1. The lowest BCUT2D eigenvalue weighted by Crippen LogP contribution is -2.41. The summed E-state index contributed by atoms with van der Waals surface area (Å²) in [5, 5.41) is 10.9. The van der Waals surface area contributed by atoms with E-state index < -0.39 is 12.0 Å². The summed E-state index contributed by atoms with van der Waals surface area (Å²) < 4.78 is 0. The van der Waals surface area contributed by atoms with E-state index in [2.05, 4.69) is 5.32 Å². The van der Waals surface area contributed by atoms with Gasteiger partial charge in [-0.05, 0) is 19.8 Å². The van der Waals surface area contributed by atoms with Gasteiger partial charge in [0.15, 0.2) is 0 Å². The van der Waals surface area contributed by atoms with Gasteiger partial charge in [0.2, 0.25) is 12.3 Å². The monoisotopic (exact) mass is 302 g/mol. The molecule has 20 heavy (non-hydrogen) atoms. The van der Waals surface area contributed by atoms with Crippen LogP contribution in [0, 0.1) is 0 Å². The summed E-state index contributed by atoms with van der Waals surface area (Å²) >= 11 is 1.27. The van der Waals surface area contributed by atoms with Gasteiger partial charge in [-0.2, -0.15) is 0 Å². The first-order valence-electron chi connectivity index (χ1n) is 6.89. The molecule has 2 amide bonds. The highest BCUT2D eigenvalue weighted by molar-refractivity contribution is 8.00. The van der Waals surface area contributed by atoms with E-state index in [4.69, 9.17) is 5.11 Å². The summed E-state index contributed by atoms with van der Waals surface area (Å²) in [5.41, 5.74) is 0. The van der Waals surface area contributed by atoms with Gasteiger partial charge < -0.3 is 15.3 Å². The number of rotatable bonds is 7. The van der Waals surface area contributed by atoms with Gasteiger partial charge in [-0.1, -0.05) is 12.8 Å². The first-order chi connectivity index (χ1) is 9.56. The number of nitrogens with one attached hydrogen (secondary N) is 1. The van der Waals surface area contributed by atoms with Gasteiger partial charge in [-0.25, -0.2) is 4.79 Å². The number of likely N-dealkylation sites (tertiary alicyclic amines) is 1. The summed E-state index contributed by atoms with van der Waals surface area (Å²) in [4.78, 5) is 35.3. The average Bonchev–Trinajstić information content (AvgIpc) is 2.70. The number of aliphatic carboxylic acids is 1. The van der Waals surface area contributed by atoms with Crippen molar-refractivity contribution in [2.24, 2.45) is 0 Å². The fourth-order valence-corrected chi connectivity index (χ4v) is 3.14. The third kappa shape index (κ3) is 5.40. The standard InChI is InChI=1S/C13H22N2O4S/c1-10(20-8-11(13(18)19)14-9-16)12(17)15-6-4-2-3-5-7-15/h9-11H,2-8H2,1H3,(H,14,16)(H,18,19). The molecule has 0 spiro atoms. The fourth-order valence-electron chi connectivity index (χ4n) is 2.13. The quantitative estimate of drug-likeness (QED) is 0.676. The Bertz CT molecular complexity index is 343. The number of carbonyl (C=O) groups is 3. The van der Waals surface area contributed by atoms with E-state index in [1.54, 1.807) is 6.92 Å². The largest absolute Gasteiger partial charge is 0.480 e. The predicted octanol–water partition coefficient (Wildman–Crippen LogP) is 0.710. The van der Waals surface area contributed by atoms with Crippen molar-refractivity contribution in [3.05, 3.63) is 0 Å². The van der Waals surface area contributed by atoms with Crippen molar-refractivity contribution < 1.29 is 19.5 Å². The molecule has 0 saturated carbocycles. The Labute approximate surface area is 123 Å². The number of hydrogen-bond donors (Lipinski definition) is 2. The Kier molecular flexibility index (Phi) is 7.43. The Morgan fingerprint density at radius 3 is 2.40 bits per heavy atom. The molecule has 1 rings (SSSR count). The van der Waals surface area contributed by atoms with Crippen LogP contribution in [0.15, 0.2) is 0 Å². The van der Waals surface area contributed by atoms with Crippen molar-refractivity contribution >= 4 is 30.0 Å². The molecule has 1 aliphatic rings. The first kappa shape index (κ1) is 16.8. The van der Waals surface area contributed by atoms with Crippen molar-refractivity contribution in [1.29, 1.82) is 0 Å². The second-order valence-electron chi connectivity index (χ2n) is 4.89. The van der Waals surface area contributed by atoms with Crippen LogP contribution in [0.3, 0.4) is 0 Å². The zero-order valence-electron chi connectivity index (χ0n) is 11.7. The minimum Gasteiger partial charge on any atom is -0.480 e. The molecule has 7 heteroatoms. The Hall–Kier alpha value is -1.24. The molecule has 0 aromatic carbocycles. The smallest absolute Gasteiger partial charge is 0.327 e. The van der Waals surface area contributed by atoms with Crippen LogP contribution in [-0.2, 0) is 14.4 Å². The van der Waals surface area contributed by atoms with Gasteiger partial charge in [-0.15, -0.1) is 11.8 Å². The van der Waals surface area contributed by atoms with Crippen LogP contribution in [0.1, 0.15) is 32.6 Å². The van der Waals surface area contributed by atoms with Crippen LogP contribution in [0.25, 0.3) is 0 Å². The summed E-state index contributed by atoms with van der Waals surface area (Å²) in [6.07, 6.45) is 4.77. The molecule has 0 aliphatic carbocycles. The second kappa shape index (κ2) is 8.84. The fraction of sp³-hybridized carbons (Fsp3) is 0.769. The van der Waals surface area contributed by atoms with Crippen molar-refractivity contribution in [3.8, 4) is 0 Å². The molecule has 6 nitrogen and oxygen atoms in total. The lowest BCUT2D eigenvalue weighted by Gasteiger charge is -2.24. The molecular formula is C13H22N2O4S. The number of carboxylic acids is 1. The maximum Gasteiger partial charge on any atom is 0.327 e. The topological polar surface area (TPSA) is 86.7 Å². The minimum absolute atomic E-state index is 0.0622. The van der Waals surface area contributed by atoms with Gasteiger partial charge in [0.25, 0.3) is 0 Å². The highest BCUT2D eigenvalue weighted by atomic mass is 32.2. The molecule has 2 atom stereocenters. The highest BCUT2D eigenvalue weighted by Gasteiger charge is 2.24. The highest BCUT2D eigenvalue weighted by Crippen LogP contribution is 2.18. The molecule has 1 aliphatic heterocycles. The van der Waals surface area contributed by atoms with E-state index in [0.717, 1.165) is 38.8 Å². The second-order valence-corrected chi connectivity index (χ2v) is 6.26. The molecule has 0 aromatic rings. The minimum atomic E-state index is -1.08. The first-order valence-corrected chi connectivity index (χ1v) is 7.94. The number of nitrogens with zero attached hydrogens (tertiary/aromatic N) is 1. The van der Waals surface area contributed by atoms with Gasteiger partial charge in [0.05, 0.1) is 5.25 Å². The van der Waals surface area contributed by atoms with Crippen molar-refractivity contribution in [2.75, 3.05) is 18.8 Å². The van der Waals surface area contributed by atoms with Crippen LogP contribution in [0.4, 0.5) is 0 Å².